The van der Waals surface area contributed by atoms with Crippen LogP contribution in [0.5, 0.6) is 0 Å². The monoisotopic (exact) mass is 333 g/mol. The molecule has 2 aliphatic rings. The fraction of sp³-hybridized carbons (Fsp3) is 0.667. The van der Waals surface area contributed by atoms with E-state index in [1.54, 1.807) is 6.20 Å². The molecule has 132 valence electrons. The number of carbonyl (C=O) groups excluding carboxylic acids is 1. The first-order chi connectivity index (χ1) is 11.8. The smallest absolute Gasteiger partial charge is 0.248 e. The van der Waals surface area contributed by atoms with Crippen LogP contribution in [0.4, 0.5) is 0 Å². The van der Waals surface area contributed by atoms with Crippen LogP contribution in [0.2, 0.25) is 0 Å². The molecule has 6 nitrogen and oxygen atoms in total. The molecule has 6 heteroatoms. The summed E-state index contributed by atoms with van der Waals surface area (Å²) in [6, 6.07) is 4.06. The van der Waals surface area contributed by atoms with Crippen molar-refractivity contribution >= 4 is 5.91 Å². The molecule has 0 N–H and O–H groups in total. The van der Waals surface area contributed by atoms with Crippen LogP contribution in [0, 0.1) is 0 Å². The highest BCUT2D eigenvalue weighted by molar-refractivity contribution is 5.77. The Morgan fingerprint density at radius 3 is 3.04 bits per heavy atom. The fourth-order valence-electron chi connectivity index (χ4n) is 3.27. The molecule has 1 aromatic heterocycles. The average Bonchev–Trinajstić information content (AvgIpc) is 3.01. The van der Waals surface area contributed by atoms with Gasteiger partial charge < -0.3 is 14.4 Å². The summed E-state index contributed by atoms with van der Waals surface area (Å²) in [5.41, 5.74) is 1.22. The minimum atomic E-state index is 0.0937. The van der Waals surface area contributed by atoms with E-state index in [1.165, 1.54) is 5.56 Å². The highest BCUT2D eigenvalue weighted by Gasteiger charge is 2.20. The Bertz CT molecular complexity index is 505. The second-order valence-corrected chi connectivity index (χ2v) is 6.52. The molecule has 1 atom stereocenters. The number of hydrogen-bond acceptors (Lipinski definition) is 5. The molecule has 0 saturated carbocycles. The molecule has 3 heterocycles. The van der Waals surface area contributed by atoms with Gasteiger partial charge in [-0.15, -0.1) is 0 Å². The lowest BCUT2D eigenvalue weighted by Gasteiger charge is -2.22. The van der Waals surface area contributed by atoms with Crippen molar-refractivity contribution in [3.05, 3.63) is 30.1 Å². The lowest BCUT2D eigenvalue weighted by atomic mass is 10.2. The van der Waals surface area contributed by atoms with Crippen molar-refractivity contribution in [3.63, 3.8) is 0 Å². The molecule has 2 saturated heterocycles. The fourth-order valence-corrected chi connectivity index (χ4v) is 3.27. The molecule has 0 unspecified atom stereocenters. The molecule has 0 bridgehead atoms. The van der Waals surface area contributed by atoms with Crippen molar-refractivity contribution in [2.75, 3.05) is 46.0 Å². The maximum absolute atomic E-state index is 12.3. The van der Waals surface area contributed by atoms with E-state index < -0.39 is 0 Å². The van der Waals surface area contributed by atoms with Crippen LogP contribution in [0.15, 0.2) is 24.5 Å². The van der Waals surface area contributed by atoms with Crippen LogP contribution in [0.1, 0.15) is 24.8 Å². The van der Waals surface area contributed by atoms with Crippen molar-refractivity contribution in [1.29, 1.82) is 0 Å². The van der Waals surface area contributed by atoms with Crippen LogP contribution < -0.4 is 0 Å². The average molecular weight is 333 g/mol. The summed E-state index contributed by atoms with van der Waals surface area (Å²) < 4.78 is 11.1. The maximum Gasteiger partial charge on any atom is 0.248 e. The van der Waals surface area contributed by atoms with Crippen LogP contribution in [-0.2, 0) is 20.8 Å². The molecule has 2 fully saturated rings. The molecule has 2 aliphatic heterocycles. The van der Waals surface area contributed by atoms with E-state index in [2.05, 4.69) is 16.0 Å². The summed E-state index contributed by atoms with van der Waals surface area (Å²) in [5.74, 6) is 0.0937. The van der Waals surface area contributed by atoms with Crippen molar-refractivity contribution < 1.29 is 14.3 Å². The number of amides is 1. The summed E-state index contributed by atoms with van der Waals surface area (Å²) in [4.78, 5) is 20.8. The number of pyridine rings is 1. The maximum atomic E-state index is 12.3. The molecule has 3 rings (SSSR count). The molecule has 0 radical (unpaired) electrons. The van der Waals surface area contributed by atoms with Gasteiger partial charge in [0.2, 0.25) is 5.91 Å². The topological polar surface area (TPSA) is 54.9 Å². The number of carbonyl (C=O) groups is 1. The third-order valence-corrected chi connectivity index (χ3v) is 4.62. The third kappa shape index (κ3) is 5.26. The first-order valence-electron chi connectivity index (χ1n) is 8.89. The zero-order valence-electron chi connectivity index (χ0n) is 14.2. The van der Waals surface area contributed by atoms with Gasteiger partial charge in [0.15, 0.2) is 0 Å². The lowest BCUT2D eigenvalue weighted by molar-refractivity contribution is -0.137. The highest BCUT2D eigenvalue weighted by Crippen LogP contribution is 2.12. The third-order valence-electron chi connectivity index (χ3n) is 4.62. The van der Waals surface area contributed by atoms with Crippen LogP contribution in [0.25, 0.3) is 0 Å². The van der Waals surface area contributed by atoms with Gasteiger partial charge in [-0.3, -0.25) is 14.7 Å². The Kier molecular flexibility index (Phi) is 6.57. The molecule has 1 amide bonds. The summed E-state index contributed by atoms with van der Waals surface area (Å²) in [7, 11) is 0. The van der Waals surface area contributed by atoms with Gasteiger partial charge >= 0.3 is 0 Å². The minimum Gasteiger partial charge on any atom is -0.376 e. The molecular formula is C18H27N3O3. The van der Waals surface area contributed by atoms with E-state index in [0.717, 1.165) is 58.6 Å². The Morgan fingerprint density at radius 1 is 1.29 bits per heavy atom. The van der Waals surface area contributed by atoms with E-state index in [9.17, 15) is 4.79 Å². The Labute approximate surface area is 143 Å². The number of nitrogens with zero attached hydrogens (tertiary/aromatic N) is 3. The Morgan fingerprint density at radius 2 is 2.25 bits per heavy atom. The minimum absolute atomic E-state index is 0.0937. The highest BCUT2D eigenvalue weighted by atomic mass is 16.5. The van der Waals surface area contributed by atoms with E-state index >= 15 is 0 Å². The molecule has 0 aliphatic carbocycles. The Balaban J connectivity index is 1.38. The second-order valence-electron chi connectivity index (χ2n) is 6.52. The first-order valence-corrected chi connectivity index (χ1v) is 8.89. The lowest BCUT2D eigenvalue weighted by Crippen LogP contribution is -2.37. The van der Waals surface area contributed by atoms with Gasteiger partial charge in [0.25, 0.3) is 0 Å². The predicted molar refractivity (Wildman–Crippen MR) is 90.5 cm³/mol. The van der Waals surface area contributed by atoms with Gasteiger partial charge in [0.05, 0.1) is 12.7 Å². The van der Waals surface area contributed by atoms with E-state index in [1.807, 2.05) is 17.2 Å². The zero-order chi connectivity index (χ0) is 16.6. The van der Waals surface area contributed by atoms with Crippen LogP contribution in [0.3, 0.4) is 0 Å². The van der Waals surface area contributed by atoms with E-state index in [4.69, 9.17) is 9.47 Å². The normalized spacial score (nSPS) is 22.5. The number of aromatic nitrogens is 1. The van der Waals surface area contributed by atoms with Gasteiger partial charge in [-0.25, -0.2) is 0 Å². The van der Waals surface area contributed by atoms with Crippen LogP contribution >= 0.6 is 0 Å². The second kappa shape index (κ2) is 9.11. The number of hydrogen-bond donors (Lipinski definition) is 0. The van der Waals surface area contributed by atoms with Gasteiger partial charge in [-0.2, -0.15) is 0 Å². The van der Waals surface area contributed by atoms with Gasteiger partial charge in [0, 0.05) is 51.7 Å². The van der Waals surface area contributed by atoms with Gasteiger partial charge in [-0.05, 0) is 30.9 Å². The summed E-state index contributed by atoms with van der Waals surface area (Å²) in [6.45, 7) is 5.90. The zero-order valence-corrected chi connectivity index (χ0v) is 14.2. The Hall–Kier alpha value is -1.50. The van der Waals surface area contributed by atoms with Gasteiger partial charge in [0.1, 0.15) is 6.61 Å². The van der Waals surface area contributed by atoms with Gasteiger partial charge in [-0.1, -0.05) is 6.07 Å². The molecular weight excluding hydrogens is 306 g/mol. The largest absolute Gasteiger partial charge is 0.376 e. The molecule has 0 spiro atoms. The van der Waals surface area contributed by atoms with Crippen molar-refractivity contribution in [3.8, 4) is 0 Å². The molecule has 0 aromatic carbocycles. The first kappa shape index (κ1) is 17.3. The van der Waals surface area contributed by atoms with E-state index in [0.29, 0.717) is 6.61 Å². The number of rotatable bonds is 6. The summed E-state index contributed by atoms with van der Waals surface area (Å²) in [5, 5.41) is 0. The van der Waals surface area contributed by atoms with Crippen molar-refractivity contribution in [1.82, 2.24) is 14.8 Å². The van der Waals surface area contributed by atoms with Crippen LogP contribution in [-0.4, -0.2) is 72.8 Å². The summed E-state index contributed by atoms with van der Waals surface area (Å²) in [6.07, 6.45) is 7.02. The molecule has 24 heavy (non-hydrogen) atoms. The van der Waals surface area contributed by atoms with Crippen molar-refractivity contribution in [2.24, 2.45) is 0 Å². The molecule has 1 aromatic rings. The van der Waals surface area contributed by atoms with E-state index in [-0.39, 0.29) is 18.6 Å². The summed E-state index contributed by atoms with van der Waals surface area (Å²) >= 11 is 0. The van der Waals surface area contributed by atoms with Crippen molar-refractivity contribution in [2.45, 2.75) is 31.9 Å². The predicted octanol–water partition coefficient (Wildman–Crippen LogP) is 1.31. The standard InChI is InChI=1S/C18H27N3O3/c22-18(15-23-14-17-5-2-11-24-17)21-8-3-7-20(9-10-21)13-16-4-1-6-19-12-16/h1,4,6,12,17H,2-3,5,7-11,13-15H2/t17-/m1/s1. The number of ether oxygens (including phenoxy) is 2. The quantitative estimate of drug-likeness (QED) is 0.786. The SMILES string of the molecule is O=C(COC[C@H]1CCCO1)N1CCCN(Cc2cccnc2)CC1.